The van der Waals surface area contributed by atoms with Crippen molar-refractivity contribution >= 4 is 0 Å². The maximum atomic E-state index is 10.3. The predicted octanol–water partition coefficient (Wildman–Crippen LogP) is 2.53. The van der Waals surface area contributed by atoms with Crippen LogP contribution in [0.4, 0.5) is 0 Å². The van der Waals surface area contributed by atoms with Gasteiger partial charge in [0.2, 0.25) is 0 Å². The van der Waals surface area contributed by atoms with E-state index in [1.807, 2.05) is 47.2 Å². The second kappa shape index (κ2) is 8.41. The normalized spacial score (nSPS) is 12.1. The fraction of sp³-hybridized carbons (Fsp3) is 0.263. The number of imidazole rings is 1. The van der Waals surface area contributed by atoms with Crippen molar-refractivity contribution < 1.29 is 14.6 Å². The van der Waals surface area contributed by atoms with Crippen LogP contribution in [-0.2, 0) is 17.9 Å². The van der Waals surface area contributed by atoms with E-state index < -0.39 is 6.10 Å². The van der Waals surface area contributed by atoms with Crippen molar-refractivity contribution in [3.63, 3.8) is 0 Å². The number of hydrogen-bond donors (Lipinski definition) is 1. The summed E-state index contributed by atoms with van der Waals surface area (Å²) < 4.78 is 12.8. The summed E-state index contributed by atoms with van der Waals surface area (Å²) >= 11 is 0. The number of aromatic nitrogens is 3. The van der Waals surface area contributed by atoms with Gasteiger partial charge < -0.3 is 19.1 Å². The summed E-state index contributed by atoms with van der Waals surface area (Å²) in [6.07, 6.45) is 6.39. The van der Waals surface area contributed by atoms with Gasteiger partial charge in [-0.15, -0.1) is 0 Å². The van der Waals surface area contributed by atoms with Crippen molar-refractivity contribution in [2.45, 2.75) is 19.3 Å². The highest BCUT2D eigenvalue weighted by Gasteiger charge is 2.11. The van der Waals surface area contributed by atoms with E-state index in [4.69, 9.17) is 9.47 Å². The van der Waals surface area contributed by atoms with E-state index in [0.29, 0.717) is 13.2 Å². The second-order valence-electron chi connectivity index (χ2n) is 5.63. The maximum absolute atomic E-state index is 10.3. The average molecular weight is 339 g/mol. The lowest BCUT2D eigenvalue weighted by atomic mass is 10.2. The van der Waals surface area contributed by atoms with Gasteiger partial charge >= 0.3 is 0 Å². The number of para-hydroxylation sites is 1. The molecule has 0 saturated carbocycles. The van der Waals surface area contributed by atoms with Crippen LogP contribution in [0.25, 0.3) is 11.4 Å². The smallest absolute Gasteiger partial charge is 0.141 e. The summed E-state index contributed by atoms with van der Waals surface area (Å²) in [4.78, 5) is 8.45. The van der Waals surface area contributed by atoms with Crippen LogP contribution in [0.2, 0.25) is 0 Å². The van der Waals surface area contributed by atoms with Crippen LogP contribution in [0.1, 0.15) is 5.56 Å². The fourth-order valence-electron chi connectivity index (χ4n) is 2.62. The molecule has 0 amide bonds. The zero-order chi connectivity index (χ0) is 17.5. The van der Waals surface area contributed by atoms with E-state index in [0.717, 1.165) is 22.7 Å². The minimum atomic E-state index is -0.640. The molecule has 0 spiro atoms. The number of hydrogen-bond acceptors (Lipinski definition) is 5. The van der Waals surface area contributed by atoms with Crippen LogP contribution < -0.4 is 4.74 Å². The Morgan fingerprint density at radius 1 is 1.16 bits per heavy atom. The number of benzene rings is 1. The summed E-state index contributed by atoms with van der Waals surface area (Å²) in [5, 5.41) is 10.3. The molecule has 0 radical (unpaired) electrons. The first-order chi connectivity index (χ1) is 12.3. The molecule has 0 fully saturated rings. The van der Waals surface area contributed by atoms with Gasteiger partial charge in [0.05, 0.1) is 33.0 Å². The molecule has 3 aromatic rings. The lowest BCUT2D eigenvalue weighted by molar-refractivity contribution is 0.0200. The highest BCUT2D eigenvalue weighted by molar-refractivity contribution is 5.53. The lowest BCUT2D eigenvalue weighted by Crippen LogP contribution is -2.22. The van der Waals surface area contributed by atoms with Crippen molar-refractivity contribution in [3.8, 4) is 17.1 Å². The largest absolute Gasteiger partial charge is 0.496 e. The quantitative estimate of drug-likeness (QED) is 0.683. The van der Waals surface area contributed by atoms with Crippen molar-refractivity contribution in [1.29, 1.82) is 0 Å². The van der Waals surface area contributed by atoms with Crippen LogP contribution in [0.15, 0.2) is 61.2 Å². The molecule has 2 aromatic heterocycles. The summed E-state index contributed by atoms with van der Waals surface area (Å²) in [6, 6.07) is 11.5. The highest BCUT2D eigenvalue weighted by atomic mass is 16.5. The Morgan fingerprint density at radius 3 is 2.84 bits per heavy atom. The van der Waals surface area contributed by atoms with Gasteiger partial charge in [0.1, 0.15) is 11.6 Å². The number of methoxy groups -OCH3 is 1. The Balaban J connectivity index is 1.55. The molecule has 0 aliphatic heterocycles. The molecule has 1 N–H and O–H groups in total. The zero-order valence-electron chi connectivity index (χ0n) is 14.1. The highest BCUT2D eigenvalue weighted by Crippen LogP contribution is 2.19. The number of pyridine rings is 1. The molecule has 6 heteroatoms. The van der Waals surface area contributed by atoms with Gasteiger partial charge in [-0.3, -0.25) is 4.98 Å². The molecular formula is C19H21N3O3. The molecule has 1 unspecified atom stereocenters. The molecule has 3 rings (SSSR count). The zero-order valence-corrected chi connectivity index (χ0v) is 14.1. The summed E-state index contributed by atoms with van der Waals surface area (Å²) in [7, 11) is 1.63. The first-order valence-electron chi connectivity index (χ1n) is 8.07. The Hall–Kier alpha value is -2.70. The molecule has 0 saturated heterocycles. The van der Waals surface area contributed by atoms with Crippen molar-refractivity contribution in [2.75, 3.05) is 13.7 Å². The van der Waals surface area contributed by atoms with Crippen LogP contribution >= 0.6 is 0 Å². The predicted molar refractivity (Wildman–Crippen MR) is 94.1 cm³/mol. The standard InChI is InChI=1S/C19H21N3O3/c1-24-18-7-3-2-5-16(18)13-25-14-17(23)12-22-10-9-21-19(22)15-6-4-8-20-11-15/h2-11,17,23H,12-14H2,1H3. The van der Waals surface area contributed by atoms with E-state index in [2.05, 4.69) is 9.97 Å². The Labute approximate surface area is 146 Å². The van der Waals surface area contributed by atoms with Gasteiger partial charge in [-0.1, -0.05) is 18.2 Å². The van der Waals surface area contributed by atoms with E-state index in [9.17, 15) is 5.11 Å². The van der Waals surface area contributed by atoms with Gasteiger partial charge in [0.15, 0.2) is 0 Å². The molecule has 0 bridgehead atoms. The van der Waals surface area contributed by atoms with Crippen molar-refractivity contribution in [3.05, 3.63) is 66.7 Å². The number of aliphatic hydroxyl groups excluding tert-OH is 1. The molecule has 1 aromatic carbocycles. The topological polar surface area (TPSA) is 69.4 Å². The number of ether oxygens (including phenoxy) is 2. The van der Waals surface area contributed by atoms with Crippen LogP contribution in [-0.4, -0.2) is 39.5 Å². The molecule has 1 atom stereocenters. The number of nitrogens with zero attached hydrogens (tertiary/aromatic N) is 3. The maximum Gasteiger partial charge on any atom is 0.141 e. The van der Waals surface area contributed by atoms with Gasteiger partial charge in [0, 0.05) is 35.9 Å². The molecule has 6 nitrogen and oxygen atoms in total. The monoisotopic (exact) mass is 339 g/mol. The van der Waals surface area contributed by atoms with E-state index in [1.54, 1.807) is 25.7 Å². The Bertz CT molecular complexity index is 789. The molecule has 25 heavy (non-hydrogen) atoms. The third-order valence-electron chi connectivity index (χ3n) is 3.80. The number of aliphatic hydroxyl groups is 1. The van der Waals surface area contributed by atoms with E-state index in [1.165, 1.54) is 0 Å². The first-order valence-corrected chi connectivity index (χ1v) is 8.07. The summed E-state index contributed by atoms with van der Waals surface area (Å²) in [5.41, 5.74) is 1.87. The number of rotatable bonds is 8. The van der Waals surface area contributed by atoms with Crippen LogP contribution in [0.5, 0.6) is 5.75 Å². The SMILES string of the molecule is COc1ccccc1COCC(O)Cn1ccnc1-c1cccnc1. The molecule has 2 heterocycles. The lowest BCUT2D eigenvalue weighted by Gasteiger charge is -2.15. The molecular weight excluding hydrogens is 318 g/mol. The molecule has 0 aliphatic carbocycles. The van der Waals surface area contributed by atoms with E-state index in [-0.39, 0.29) is 6.61 Å². The van der Waals surface area contributed by atoms with Crippen LogP contribution in [0.3, 0.4) is 0 Å². The minimum absolute atomic E-state index is 0.225. The third kappa shape index (κ3) is 4.43. The Kier molecular flexibility index (Phi) is 5.77. The fourth-order valence-corrected chi connectivity index (χ4v) is 2.62. The minimum Gasteiger partial charge on any atom is -0.496 e. The molecule has 0 aliphatic rings. The average Bonchev–Trinajstić information content (AvgIpc) is 3.11. The Morgan fingerprint density at radius 2 is 2.04 bits per heavy atom. The third-order valence-corrected chi connectivity index (χ3v) is 3.80. The second-order valence-corrected chi connectivity index (χ2v) is 5.63. The summed E-state index contributed by atoms with van der Waals surface area (Å²) in [6.45, 7) is 1.01. The van der Waals surface area contributed by atoms with Gasteiger partial charge in [-0.05, 0) is 18.2 Å². The van der Waals surface area contributed by atoms with Gasteiger partial charge in [-0.2, -0.15) is 0 Å². The summed E-state index contributed by atoms with van der Waals surface area (Å²) in [5.74, 6) is 1.56. The van der Waals surface area contributed by atoms with Crippen molar-refractivity contribution in [1.82, 2.24) is 14.5 Å². The van der Waals surface area contributed by atoms with E-state index >= 15 is 0 Å². The van der Waals surface area contributed by atoms with Gasteiger partial charge in [-0.25, -0.2) is 4.98 Å². The first kappa shape index (κ1) is 17.1. The van der Waals surface area contributed by atoms with Gasteiger partial charge in [0.25, 0.3) is 0 Å². The van der Waals surface area contributed by atoms with Crippen molar-refractivity contribution in [2.24, 2.45) is 0 Å². The van der Waals surface area contributed by atoms with Crippen LogP contribution in [0, 0.1) is 0 Å². The molecule has 130 valence electrons.